The van der Waals surface area contributed by atoms with E-state index in [9.17, 15) is 0 Å². The van der Waals surface area contributed by atoms with E-state index in [2.05, 4.69) is 16.5 Å². The van der Waals surface area contributed by atoms with Crippen LogP contribution in [0.1, 0.15) is 18.0 Å². The van der Waals surface area contributed by atoms with Crippen LogP contribution in [0.25, 0.3) is 5.65 Å². The molecule has 15 heavy (non-hydrogen) atoms. The zero-order chi connectivity index (χ0) is 10.3. The van der Waals surface area contributed by atoms with Gasteiger partial charge in [0.25, 0.3) is 0 Å². The number of aromatic nitrogens is 2. The first-order chi connectivity index (χ1) is 7.34. The summed E-state index contributed by atoms with van der Waals surface area (Å²) in [6.07, 6.45) is 3.23. The molecular formula is C11H14N4. The molecule has 0 bridgehead atoms. The van der Waals surface area contributed by atoms with Crippen LogP contribution >= 0.6 is 0 Å². The van der Waals surface area contributed by atoms with Crippen molar-refractivity contribution in [3.8, 4) is 0 Å². The predicted molar refractivity (Wildman–Crippen MR) is 59.8 cm³/mol. The second kappa shape index (κ2) is 3.24. The molecule has 0 amide bonds. The average Bonchev–Trinajstić information content (AvgIpc) is 2.86. The van der Waals surface area contributed by atoms with E-state index >= 15 is 0 Å². The smallest absolute Gasteiger partial charge is 0.138 e. The molecule has 78 valence electrons. The highest BCUT2D eigenvalue weighted by Crippen LogP contribution is 2.22. The van der Waals surface area contributed by atoms with Gasteiger partial charge in [-0.1, -0.05) is 6.07 Å². The summed E-state index contributed by atoms with van der Waals surface area (Å²) >= 11 is 0. The molecule has 0 aliphatic carbocycles. The lowest BCUT2D eigenvalue weighted by Gasteiger charge is -2.01. The van der Waals surface area contributed by atoms with Crippen molar-refractivity contribution in [1.82, 2.24) is 14.7 Å². The molecule has 3 N–H and O–H groups in total. The van der Waals surface area contributed by atoms with Crippen molar-refractivity contribution < 1.29 is 0 Å². The molecule has 3 rings (SSSR count). The number of hydrogen-bond donors (Lipinski definition) is 2. The molecule has 4 heteroatoms. The lowest BCUT2D eigenvalue weighted by molar-refractivity contribution is 0.742. The standard InChI is InChI=1S/C11H14N4/c12-10-2-1-3-11-14-9(7-15(10)11)8-4-5-13-6-8/h1-3,7-8,13H,4-6,12H2. The van der Waals surface area contributed by atoms with Crippen LogP contribution in [0, 0.1) is 0 Å². The summed E-state index contributed by atoms with van der Waals surface area (Å²) in [4.78, 5) is 4.60. The van der Waals surface area contributed by atoms with Crippen LogP contribution in [-0.4, -0.2) is 22.5 Å². The van der Waals surface area contributed by atoms with Crippen molar-refractivity contribution in [2.24, 2.45) is 0 Å². The number of pyridine rings is 1. The van der Waals surface area contributed by atoms with Crippen molar-refractivity contribution in [2.75, 3.05) is 18.8 Å². The van der Waals surface area contributed by atoms with E-state index in [1.807, 2.05) is 22.6 Å². The van der Waals surface area contributed by atoms with E-state index in [-0.39, 0.29) is 0 Å². The van der Waals surface area contributed by atoms with Gasteiger partial charge in [0.15, 0.2) is 0 Å². The maximum absolute atomic E-state index is 5.88. The van der Waals surface area contributed by atoms with Crippen LogP contribution in [-0.2, 0) is 0 Å². The number of anilines is 1. The number of rotatable bonds is 1. The predicted octanol–water partition coefficient (Wildman–Crippen LogP) is 0.993. The van der Waals surface area contributed by atoms with Gasteiger partial charge in [-0.3, -0.25) is 4.40 Å². The van der Waals surface area contributed by atoms with E-state index < -0.39 is 0 Å². The molecule has 2 aromatic heterocycles. The molecule has 0 radical (unpaired) electrons. The van der Waals surface area contributed by atoms with Crippen LogP contribution in [0.15, 0.2) is 24.4 Å². The van der Waals surface area contributed by atoms with Crippen molar-refractivity contribution in [3.05, 3.63) is 30.1 Å². The van der Waals surface area contributed by atoms with Gasteiger partial charge < -0.3 is 11.1 Å². The van der Waals surface area contributed by atoms with E-state index in [4.69, 9.17) is 5.73 Å². The Kier molecular flexibility index (Phi) is 1.89. The number of nitrogen functional groups attached to an aromatic ring is 1. The van der Waals surface area contributed by atoms with Crippen molar-refractivity contribution in [1.29, 1.82) is 0 Å². The Morgan fingerprint density at radius 3 is 3.13 bits per heavy atom. The first-order valence-electron chi connectivity index (χ1n) is 5.29. The zero-order valence-corrected chi connectivity index (χ0v) is 8.48. The van der Waals surface area contributed by atoms with E-state index in [0.717, 1.165) is 30.2 Å². The second-order valence-electron chi connectivity index (χ2n) is 4.03. The third kappa shape index (κ3) is 1.37. The quantitative estimate of drug-likeness (QED) is 0.725. The van der Waals surface area contributed by atoms with Crippen molar-refractivity contribution in [3.63, 3.8) is 0 Å². The first-order valence-corrected chi connectivity index (χ1v) is 5.29. The van der Waals surface area contributed by atoms with Crippen LogP contribution in [0.5, 0.6) is 0 Å². The highest BCUT2D eigenvalue weighted by atomic mass is 15.1. The minimum Gasteiger partial charge on any atom is -0.385 e. The van der Waals surface area contributed by atoms with Crippen LogP contribution in [0.4, 0.5) is 5.82 Å². The lowest BCUT2D eigenvalue weighted by Crippen LogP contribution is -2.08. The van der Waals surface area contributed by atoms with Gasteiger partial charge in [-0.05, 0) is 25.1 Å². The third-order valence-corrected chi connectivity index (χ3v) is 3.02. The summed E-state index contributed by atoms with van der Waals surface area (Å²) in [6.45, 7) is 2.12. The number of imidazole rings is 1. The summed E-state index contributed by atoms with van der Waals surface area (Å²) < 4.78 is 1.95. The zero-order valence-electron chi connectivity index (χ0n) is 8.48. The number of nitrogens with one attached hydrogen (secondary N) is 1. The molecule has 3 heterocycles. The Bertz CT molecular complexity index is 482. The summed E-state index contributed by atoms with van der Waals surface area (Å²) in [5, 5.41) is 3.35. The Morgan fingerprint density at radius 1 is 1.47 bits per heavy atom. The summed E-state index contributed by atoms with van der Waals surface area (Å²) in [7, 11) is 0. The van der Waals surface area contributed by atoms with Gasteiger partial charge in [0.05, 0.1) is 5.69 Å². The molecule has 1 atom stereocenters. The number of nitrogens with two attached hydrogens (primary N) is 1. The van der Waals surface area contributed by atoms with E-state index in [0.29, 0.717) is 5.92 Å². The highest BCUT2D eigenvalue weighted by molar-refractivity contribution is 5.49. The summed E-state index contributed by atoms with van der Waals surface area (Å²) in [5.74, 6) is 1.29. The molecule has 0 spiro atoms. The van der Waals surface area contributed by atoms with Crippen LogP contribution < -0.4 is 11.1 Å². The lowest BCUT2D eigenvalue weighted by atomic mass is 10.1. The highest BCUT2D eigenvalue weighted by Gasteiger charge is 2.19. The molecule has 0 saturated carbocycles. The third-order valence-electron chi connectivity index (χ3n) is 3.02. The largest absolute Gasteiger partial charge is 0.385 e. The van der Waals surface area contributed by atoms with Crippen molar-refractivity contribution in [2.45, 2.75) is 12.3 Å². The minimum atomic E-state index is 0.546. The second-order valence-corrected chi connectivity index (χ2v) is 4.03. The number of fused-ring (bicyclic) bond motifs is 1. The minimum absolute atomic E-state index is 0.546. The Labute approximate surface area is 88.1 Å². The molecule has 4 nitrogen and oxygen atoms in total. The first kappa shape index (κ1) is 8.73. The molecule has 1 aliphatic rings. The Balaban J connectivity index is 2.09. The average molecular weight is 202 g/mol. The maximum atomic E-state index is 5.88. The molecule has 1 saturated heterocycles. The molecular weight excluding hydrogens is 188 g/mol. The van der Waals surface area contributed by atoms with Crippen molar-refractivity contribution >= 4 is 11.5 Å². The topological polar surface area (TPSA) is 55.3 Å². The van der Waals surface area contributed by atoms with Gasteiger partial charge >= 0.3 is 0 Å². The number of nitrogens with zero attached hydrogens (tertiary/aromatic N) is 2. The molecule has 1 aliphatic heterocycles. The summed E-state index contributed by atoms with van der Waals surface area (Å²) in [5.41, 5.74) is 7.97. The molecule has 1 unspecified atom stereocenters. The van der Waals surface area contributed by atoms with Gasteiger partial charge in [-0.15, -0.1) is 0 Å². The monoisotopic (exact) mass is 202 g/mol. The van der Waals surface area contributed by atoms with E-state index in [1.165, 1.54) is 6.42 Å². The number of hydrogen-bond acceptors (Lipinski definition) is 3. The van der Waals surface area contributed by atoms with Crippen LogP contribution in [0.3, 0.4) is 0 Å². The normalized spacial score (nSPS) is 21.2. The van der Waals surface area contributed by atoms with Gasteiger partial charge in [-0.25, -0.2) is 4.98 Å². The molecule has 0 aromatic carbocycles. The molecule has 1 fully saturated rings. The van der Waals surface area contributed by atoms with E-state index in [1.54, 1.807) is 0 Å². The fourth-order valence-corrected chi connectivity index (χ4v) is 2.15. The SMILES string of the molecule is Nc1cccc2nc(C3CCNC3)cn12. The fourth-order valence-electron chi connectivity index (χ4n) is 2.15. The van der Waals surface area contributed by atoms with Gasteiger partial charge in [-0.2, -0.15) is 0 Å². The van der Waals surface area contributed by atoms with Gasteiger partial charge in [0.1, 0.15) is 11.5 Å². The van der Waals surface area contributed by atoms with Gasteiger partial charge in [0.2, 0.25) is 0 Å². The summed E-state index contributed by atoms with van der Waals surface area (Å²) in [6, 6.07) is 5.82. The molecule has 2 aromatic rings. The fraction of sp³-hybridized carbons (Fsp3) is 0.364. The van der Waals surface area contributed by atoms with Crippen LogP contribution in [0.2, 0.25) is 0 Å². The maximum Gasteiger partial charge on any atom is 0.138 e. The van der Waals surface area contributed by atoms with Gasteiger partial charge in [0, 0.05) is 18.7 Å². The Hall–Kier alpha value is -1.55. The Morgan fingerprint density at radius 2 is 2.40 bits per heavy atom.